The third-order valence-corrected chi connectivity index (χ3v) is 3.52. The summed E-state index contributed by atoms with van der Waals surface area (Å²) in [6.07, 6.45) is 4.28. The third kappa shape index (κ3) is 4.55. The molecule has 1 aromatic rings. The summed E-state index contributed by atoms with van der Waals surface area (Å²) < 4.78 is 1.96. The molecule has 1 rings (SSSR count). The van der Waals surface area contributed by atoms with Gasteiger partial charge in [-0.15, -0.1) is 10.2 Å². The molecule has 0 saturated carbocycles. The molecule has 6 heteroatoms. The van der Waals surface area contributed by atoms with Gasteiger partial charge in [-0.3, -0.25) is 4.57 Å². The second-order valence-electron chi connectivity index (χ2n) is 4.29. The second kappa shape index (κ2) is 7.55. The quantitative estimate of drug-likeness (QED) is 0.551. The summed E-state index contributed by atoms with van der Waals surface area (Å²) in [6, 6.07) is 0.293. The minimum atomic E-state index is 0.293. The molecule has 0 amide bonds. The molecule has 0 saturated heterocycles. The van der Waals surface area contributed by atoms with E-state index in [4.69, 9.17) is 10.8 Å². The zero-order valence-corrected chi connectivity index (χ0v) is 11.4. The van der Waals surface area contributed by atoms with Gasteiger partial charge in [0.25, 0.3) is 0 Å². The largest absolute Gasteiger partial charge is 0.396 e. The van der Waals surface area contributed by atoms with E-state index in [1.165, 1.54) is 0 Å². The zero-order chi connectivity index (χ0) is 12.7. The first-order chi connectivity index (χ1) is 8.16. The average molecular weight is 258 g/mol. The fourth-order valence-corrected chi connectivity index (χ4v) is 2.68. The Hall–Kier alpha value is -0.750. The van der Waals surface area contributed by atoms with Gasteiger partial charge in [0.15, 0.2) is 5.16 Å². The highest BCUT2D eigenvalue weighted by atomic mass is 32.2. The minimum Gasteiger partial charge on any atom is -0.396 e. The molecule has 1 aromatic heterocycles. The Morgan fingerprint density at radius 3 is 2.59 bits per heavy atom. The van der Waals surface area contributed by atoms with Crippen molar-refractivity contribution in [2.75, 3.05) is 18.1 Å². The van der Waals surface area contributed by atoms with Gasteiger partial charge in [-0.1, -0.05) is 24.6 Å². The molecule has 0 bridgehead atoms. The van der Waals surface area contributed by atoms with Crippen LogP contribution in [-0.4, -0.2) is 32.2 Å². The molecule has 5 nitrogen and oxygen atoms in total. The molecule has 0 aliphatic carbocycles. The van der Waals surface area contributed by atoms with E-state index in [2.05, 4.69) is 24.0 Å². The molecule has 0 spiro atoms. The number of unbranched alkanes of at least 4 members (excludes halogenated alkanes) is 3. The van der Waals surface area contributed by atoms with Crippen molar-refractivity contribution < 1.29 is 5.11 Å². The smallest absolute Gasteiger partial charge is 0.222 e. The molecular weight excluding hydrogens is 236 g/mol. The molecule has 0 aromatic carbocycles. The maximum atomic E-state index is 8.66. The summed E-state index contributed by atoms with van der Waals surface area (Å²) in [4.78, 5) is 0. The summed E-state index contributed by atoms with van der Waals surface area (Å²) in [5.74, 6) is 1.51. The second-order valence-corrected chi connectivity index (χ2v) is 5.35. The number of hydrogen-bond acceptors (Lipinski definition) is 5. The van der Waals surface area contributed by atoms with E-state index in [1.54, 1.807) is 11.8 Å². The van der Waals surface area contributed by atoms with E-state index in [9.17, 15) is 0 Å². The number of aromatic nitrogens is 3. The Kier molecular flexibility index (Phi) is 6.36. The number of aliphatic hydroxyl groups is 1. The third-order valence-electron chi connectivity index (χ3n) is 2.49. The van der Waals surface area contributed by atoms with E-state index in [1.807, 2.05) is 4.57 Å². The summed E-state index contributed by atoms with van der Waals surface area (Å²) in [7, 11) is 0. The van der Waals surface area contributed by atoms with Crippen molar-refractivity contribution in [3.63, 3.8) is 0 Å². The number of nitrogen functional groups attached to an aromatic ring is 1. The molecule has 17 heavy (non-hydrogen) atoms. The monoisotopic (exact) mass is 258 g/mol. The molecule has 0 fully saturated rings. The van der Waals surface area contributed by atoms with Gasteiger partial charge in [-0.05, 0) is 26.7 Å². The first-order valence-corrected chi connectivity index (χ1v) is 7.09. The lowest BCUT2D eigenvalue weighted by atomic mass is 10.2. The number of hydrogen-bond donors (Lipinski definition) is 2. The van der Waals surface area contributed by atoms with E-state index in [-0.39, 0.29) is 0 Å². The number of nitrogens with two attached hydrogens (primary N) is 1. The fourth-order valence-electron chi connectivity index (χ4n) is 1.60. The molecule has 0 radical (unpaired) electrons. The van der Waals surface area contributed by atoms with Crippen molar-refractivity contribution in [2.24, 2.45) is 0 Å². The lowest BCUT2D eigenvalue weighted by molar-refractivity contribution is 0.283. The minimum absolute atomic E-state index is 0.293. The molecule has 0 aliphatic heterocycles. The van der Waals surface area contributed by atoms with Crippen LogP contribution in [0.5, 0.6) is 0 Å². The number of anilines is 1. The summed E-state index contributed by atoms with van der Waals surface area (Å²) in [6.45, 7) is 4.45. The molecule has 0 aliphatic rings. The summed E-state index contributed by atoms with van der Waals surface area (Å²) in [5.41, 5.74) is 5.76. The van der Waals surface area contributed by atoms with Gasteiger partial charge < -0.3 is 10.8 Å². The lowest BCUT2D eigenvalue weighted by Gasteiger charge is -2.10. The van der Waals surface area contributed by atoms with Gasteiger partial charge in [0.2, 0.25) is 5.95 Å². The van der Waals surface area contributed by atoms with Crippen molar-refractivity contribution in [1.29, 1.82) is 0 Å². The van der Waals surface area contributed by atoms with Crippen LogP contribution in [0.25, 0.3) is 0 Å². The number of aliphatic hydroxyl groups excluding tert-OH is 1. The Balaban J connectivity index is 2.32. The Morgan fingerprint density at radius 1 is 1.24 bits per heavy atom. The number of rotatable bonds is 8. The van der Waals surface area contributed by atoms with Crippen molar-refractivity contribution in [1.82, 2.24) is 14.8 Å². The first-order valence-electron chi connectivity index (χ1n) is 6.11. The van der Waals surface area contributed by atoms with Crippen molar-refractivity contribution in [2.45, 2.75) is 50.7 Å². The molecule has 98 valence electrons. The van der Waals surface area contributed by atoms with E-state index in [0.29, 0.717) is 18.6 Å². The highest BCUT2D eigenvalue weighted by molar-refractivity contribution is 7.99. The van der Waals surface area contributed by atoms with Crippen LogP contribution in [0.1, 0.15) is 45.6 Å². The predicted molar refractivity (Wildman–Crippen MR) is 71.1 cm³/mol. The highest BCUT2D eigenvalue weighted by Crippen LogP contribution is 2.23. The van der Waals surface area contributed by atoms with Crippen LogP contribution in [0.2, 0.25) is 0 Å². The van der Waals surface area contributed by atoms with Crippen molar-refractivity contribution in [3.8, 4) is 0 Å². The highest BCUT2D eigenvalue weighted by Gasteiger charge is 2.12. The van der Waals surface area contributed by atoms with Crippen molar-refractivity contribution >= 4 is 17.7 Å². The van der Waals surface area contributed by atoms with Gasteiger partial charge in [-0.25, -0.2) is 0 Å². The van der Waals surface area contributed by atoms with E-state index < -0.39 is 0 Å². The standard InChI is InChI=1S/C11H22N4OS/c1-9(2)15-10(12)13-14-11(15)17-8-6-4-3-5-7-16/h9,16H,3-8H2,1-2H3,(H2,12,13). The van der Waals surface area contributed by atoms with Crippen LogP contribution in [0.4, 0.5) is 5.95 Å². The van der Waals surface area contributed by atoms with Gasteiger partial charge in [0.05, 0.1) is 0 Å². The van der Waals surface area contributed by atoms with Crippen LogP contribution >= 0.6 is 11.8 Å². The number of thioether (sulfide) groups is 1. The van der Waals surface area contributed by atoms with Crippen LogP contribution in [0, 0.1) is 0 Å². The average Bonchev–Trinajstić information content (AvgIpc) is 2.65. The first kappa shape index (κ1) is 14.3. The fraction of sp³-hybridized carbons (Fsp3) is 0.818. The van der Waals surface area contributed by atoms with Crippen LogP contribution in [0.15, 0.2) is 5.16 Å². The predicted octanol–water partition coefficient (Wildman–Crippen LogP) is 2.09. The van der Waals surface area contributed by atoms with Gasteiger partial charge >= 0.3 is 0 Å². The zero-order valence-electron chi connectivity index (χ0n) is 10.6. The molecule has 0 atom stereocenters. The topological polar surface area (TPSA) is 77.0 Å². The summed E-state index contributed by atoms with van der Waals surface area (Å²) in [5, 5.41) is 17.5. The van der Waals surface area contributed by atoms with Crippen LogP contribution < -0.4 is 5.73 Å². The van der Waals surface area contributed by atoms with Crippen molar-refractivity contribution in [3.05, 3.63) is 0 Å². The summed E-state index contributed by atoms with van der Waals surface area (Å²) >= 11 is 1.70. The molecule has 1 heterocycles. The molecular formula is C11H22N4OS. The Labute approximate surface area is 107 Å². The molecule has 3 N–H and O–H groups in total. The Bertz CT molecular complexity index is 327. The maximum absolute atomic E-state index is 8.66. The maximum Gasteiger partial charge on any atom is 0.222 e. The van der Waals surface area contributed by atoms with E-state index in [0.717, 1.165) is 36.6 Å². The van der Waals surface area contributed by atoms with Gasteiger partial charge in [0, 0.05) is 18.4 Å². The van der Waals surface area contributed by atoms with Crippen LogP contribution in [-0.2, 0) is 0 Å². The number of nitrogens with zero attached hydrogens (tertiary/aromatic N) is 3. The van der Waals surface area contributed by atoms with E-state index >= 15 is 0 Å². The van der Waals surface area contributed by atoms with Gasteiger partial charge in [-0.2, -0.15) is 0 Å². The SMILES string of the molecule is CC(C)n1c(N)nnc1SCCCCCCO. The van der Waals surface area contributed by atoms with Gasteiger partial charge in [0.1, 0.15) is 0 Å². The van der Waals surface area contributed by atoms with Crippen LogP contribution in [0.3, 0.4) is 0 Å². The molecule has 0 unspecified atom stereocenters. The normalized spacial score (nSPS) is 11.3. The Morgan fingerprint density at radius 2 is 1.94 bits per heavy atom. The lowest BCUT2D eigenvalue weighted by Crippen LogP contribution is -2.07.